The molecule has 0 radical (unpaired) electrons. The smallest absolute Gasteiger partial charge is 0.233 e. The molecule has 0 spiro atoms. The SMILES string of the molecule is CC(C)C(C)NC(=O)CS(=O)c1ccc(N)cc1Cl. The average molecular weight is 303 g/mol. The third-order valence-electron chi connectivity index (χ3n) is 2.85. The Morgan fingerprint density at radius 3 is 2.58 bits per heavy atom. The van der Waals surface area contributed by atoms with E-state index in [1.165, 1.54) is 6.07 Å². The summed E-state index contributed by atoms with van der Waals surface area (Å²) in [5.41, 5.74) is 6.07. The van der Waals surface area contributed by atoms with Gasteiger partial charge in [-0.25, -0.2) is 0 Å². The molecule has 2 unspecified atom stereocenters. The van der Waals surface area contributed by atoms with Crippen molar-refractivity contribution in [1.29, 1.82) is 0 Å². The van der Waals surface area contributed by atoms with Gasteiger partial charge in [0.15, 0.2) is 0 Å². The minimum atomic E-state index is -1.46. The highest BCUT2D eigenvalue weighted by Crippen LogP contribution is 2.22. The predicted molar refractivity (Wildman–Crippen MR) is 79.6 cm³/mol. The summed E-state index contributed by atoms with van der Waals surface area (Å²) in [5, 5.41) is 3.13. The van der Waals surface area contributed by atoms with Gasteiger partial charge in [-0.15, -0.1) is 0 Å². The van der Waals surface area contributed by atoms with Crippen molar-refractivity contribution in [3.05, 3.63) is 23.2 Å². The van der Waals surface area contributed by atoms with Gasteiger partial charge in [0.1, 0.15) is 5.75 Å². The van der Waals surface area contributed by atoms with Gasteiger partial charge >= 0.3 is 0 Å². The molecule has 1 rings (SSSR count). The second-order valence-corrected chi connectivity index (χ2v) is 6.61. The van der Waals surface area contributed by atoms with E-state index in [0.717, 1.165) is 0 Å². The summed E-state index contributed by atoms with van der Waals surface area (Å²) in [7, 11) is -1.46. The van der Waals surface area contributed by atoms with Crippen molar-refractivity contribution in [2.75, 3.05) is 11.5 Å². The number of rotatable bonds is 5. The molecule has 106 valence electrons. The van der Waals surface area contributed by atoms with Crippen LogP contribution in [-0.4, -0.2) is 21.9 Å². The number of amides is 1. The van der Waals surface area contributed by atoms with E-state index < -0.39 is 10.8 Å². The molecule has 0 aliphatic carbocycles. The maximum atomic E-state index is 12.1. The Balaban J connectivity index is 2.67. The van der Waals surface area contributed by atoms with E-state index in [2.05, 4.69) is 5.32 Å². The second kappa shape index (κ2) is 6.91. The van der Waals surface area contributed by atoms with Gasteiger partial charge in [-0.1, -0.05) is 25.4 Å². The number of carbonyl (C=O) groups excluding carboxylic acids is 1. The molecule has 4 nitrogen and oxygen atoms in total. The number of nitrogens with one attached hydrogen (secondary N) is 1. The first-order valence-electron chi connectivity index (χ1n) is 6.04. The summed E-state index contributed by atoms with van der Waals surface area (Å²) in [6.07, 6.45) is 0. The van der Waals surface area contributed by atoms with Crippen molar-refractivity contribution in [3.63, 3.8) is 0 Å². The van der Waals surface area contributed by atoms with Crippen LogP contribution >= 0.6 is 11.6 Å². The van der Waals surface area contributed by atoms with Crippen LogP contribution in [0.5, 0.6) is 0 Å². The molecule has 1 aromatic rings. The minimum absolute atomic E-state index is 0.0476. The number of nitrogens with two attached hydrogens (primary N) is 1. The number of hydrogen-bond acceptors (Lipinski definition) is 3. The fraction of sp³-hybridized carbons (Fsp3) is 0.462. The van der Waals surface area contributed by atoms with Crippen LogP contribution in [0.1, 0.15) is 20.8 Å². The van der Waals surface area contributed by atoms with Crippen molar-refractivity contribution >= 4 is 34.0 Å². The maximum Gasteiger partial charge on any atom is 0.233 e. The summed E-state index contributed by atoms with van der Waals surface area (Å²) >= 11 is 5.96. The molecular weight excluding hydrogens is 284 g/mol. The Kier molecular flexibility index (Phi) is 5.82. The molecule has 19 heavy (non-hydrogen) atoms. The number of carbonyl (C=O) groups is 1. The Morgan fingerprint density at radius 1 is 1.42 bits per heavy atom. The van der Waals surface area contributed by atoms with Crippen LogP contribution in [0.3, 0.4) is 0 Å². The molecule has 0 heterocycles. The summed E-state index contributed by atoms with van der Waals surface area (Å²) in [6, 6.07) is 4.79. The van der Waals surface area contributed by atoms with Gasteiger partial charge in [-0.3, -0.25) is 9.00 Å². The van der Waals surface area contributed by atoms with E-state index in [1.807, 2.05) is 20.8 Å². The molecule has 6 heteroatoms. The molecule has 0 fully saturated rings. The molecule has 0 saturated carbocycles. The number of hydrogen-bond donors (Lipinski definition) is 2. The molecule has 0 bridgehead atoms. The first-order chi connectivity index (χ1) is 8.81. The Hall–Kier alpha value is -1.07. The zero-order valence-corrected chi connectivity index (χ0v) is 12.8. The number of anilines is 1. The topological polar surface area (TPSA) is 72.2 Å². The molecule has 0 aliphatic rings. The summed E-state index contributed by atoms with van der Waals surface area (Å²) in [5.74, 6) is -0.00864. The standard InChI is InChI=1S/C13H19ClN2O2S/c1-8(2)9(3)16-13(17)7-19(18)12-5-4-10(15)6-11(12)14/h4-6,8-9H,7,15H2,1-3H3,(H,16,17). The van der Waals surface area contributed by atoms with Gasteiger partial charge in [-0.05, 0) is 31.0 Å². The molecule has 1 aromatic carbocycles. The largest absolute Gasteiger partial charge is 0.399 e. The predicted octanol–water partition coefficient (Wildman–Crippen LogP) is 2.19. The van der Waals surface area contributed by atoms with E-state index >= 15 is 0 Å². The van der Waals surface area contributed by atoms with E-state index in [1.54, 1.807) is 12.1 Å². The fourth-order valence-electron chi connectivity index (χ4n) is 1.36. The summed E-state index contributed by atoms with van der Waals surface area (Å²) < 4.78 is 12.1. The van der Waals surface area contributed by atoms with Gasteiger partial charge in [0.05, 0.1) is 20.7 Å². The normalized spacial score (nSPS) is 14.2. The van der Waals surface area contributed by atoms with Gasteiger partial charge < -0.3 is 11.1 Å². The van der Waals surface area contributed by atoms with Crippen molar-refractivity contribution < 1.29 is 9.00 Å². The lowest BCUT2D eigenvalue weighted by Gasteiger charge is -2.17. The monoisotopic (exact) mass is 302 g/mol. The van der Waals surface area contributed by atoms with E-state index in [4.69, 9.17) is 17.3 Å². The highest BCUT2D eigenvalue weighted by molar-refractivity contribution is 7.85. The average Bonchev–Trinajstić information content (AvgIpc) is 2.27. The van der Waals surface area contributed by atoms with Gasteiger partial charge in [0.2, 0.25) is 5.91 Å². The van der Waals surface area contributed by atoms with Crippen LogP contribution in [0.2, 0.25) is 5.02 Å². The van der Waals surface area contributed by atoms with Crippen molar-refractivity contribution in [2.24, 2.45) is 5.92 Å². The zero-order chi connectivity index (χ0) is 14.6. The molecule has 0 aliphatic heterocycles. The highest BCUT2D eigenvalue weighted by atomic mass is 35.5. The van der Waals surface area contributed by atoms with Crippen LogP contribution in [0, 0.1) is 5.92 Å². The van der Waals surface area contributed by atoms with Crippen LogP contribution in [0.15, 0.2) is 23.1 Å². The van der Waals surface area contributed by atoms with E-state index in [9.17, 15) is 9.00 Å². The lowest BCUT2D eigenvalue weighted by Crippen LogP contribution is -2.38. The lowest BCUT2D eigenvalue weighted by atomic mass is 10.1. The maximum absolute atomic E-state index is 12.1. The third kappa shape index (κ3) is 4.84. The second-order valence-electron chi connectivity index (χ2n) is 4.78. The lowest BCUT2D eigenvalue weighted by molar-refractivity contribution is -0.119. The van der Waals surface area contributed by atoms with Crippen molar-refractivity contribution in [3.8, 4) is 0 Å². The molecule has 0 aromatic heterocycles. The minimum Gasteiger partial charge on any atom is -0.399 e. The highest BCUT2D eigenvalue weighted by Gasteiger charge is 2.16. The number of nitrogen functional groups attached to an aromatic ring is 1. The summed E-state index contributed by atoms with van der Waals surface area (Å²) in [6.45, 7) is 5.94. The van der Waals surface area contributed by atoms with Gasteiger partial charge in [-0.2, -0.15) is 0 Å². The van der Waals surface area contributed by atoms with Crippen LogP contribution in [0.4, 0.5) is 5.69 Å². The Labute approximate surface area is 121 Å². The quantitative estimate of drug-likeness (QED) is 0.819. The van der Waals surface area contributed by atoms with E-state index in [-0.39, 0.29) is 17.7 Å². The van der Waals surface area contributed by atoms with Crippen LogP contribution in [-0.2, 0) is 15.6 Å². The van der Waals surface area contributed by atoms with Crippen molar-refractivity contribution in [1.82, 2.24) is 5.32 Å². The number of halogens is 1. The van der Waals surface area contributed by atoms with E-state index in [0.29, 0.717) is 21.5 Å². The summed E-state index contributed by atoms with van der Waals surface area (Å²) in [4.78, 5) is 12.2. The molecule has 1 amide bonds. The van der Waals surface area contributed by atoms with Crippen molar-refractivity contribution in [2.45, 2.75) is 31.7 Å². The third-order valence-corrected chi connectivity index (χ3v) is 4.65. The molecule has 3 N–H and O–H groups in total. The number of benzene rings is 1. The van der Waals surface area contributed by atoms with Gasteiger partial charge in [0.25, 0.3) is 0 Å². The Morgan fingerprint density at radius 2 is 2.05 bits per heavy atom. The zero-order valence-electron chi connectivity index (χ0n) is 11.3. The first-order valence-corrected chi connectivity index (χ1v) is 7.73. The van der Waals surface area contributed by atoms with Crippen LogP contribution < -0.4 is 11.1 Å². The molecular formula is C13H19ClN2O2S. The van der Waals surface area contributed by atoms with Crippen LogP contribution in [0.25, 0.3) is 0 Å². The first kappa shape index (κ1) is 16.0. The molecule has 0 saturated heterocycles. The fourth-order valence-corrected chi connectivity index (χ4v) is 2.78. The molecule has 2 atom stereocenters. The van der Waals surface area contributed by atoms with Gasteiger partial charge in [0, 0.05) is 11.7 Å². The Bertz CT molecular complexity index is 492.